The Morgan fingerprint density at radius 2 is 2.00 bits per heavy atom. The number of aromatic nitrogens is 2. The van der Waals surface area contributed by atoms with Gasteiger partial charge in [0.2, 0.25) is 0 Å². The fourth-order valence-corrected chi connectivity index (χ4v) is 2.08. The van der Waals surface area contributed by atoms with Crippen LogP contribution in [0.3, 0.4) is 0 Å². The van der Waals surface area contributed by atoms with E-state index in [2.05, 4.69) is 34.7 Å². The molecule has 0 saturated heterocycles. The van der Waals surface area contributed by atoms with Crippen LogP contribution in [0.5, 0.6) is 0 Å². The van der Waals surface area contributed by atoms with Crippen LogP contribution < -0.4 is 5.32 Å². The van der Waals surface area contributed by atoms with Crippen molar-refractivity contribution in [3.8, 4) is 0 Å². The molecule has 0 aliphatic heterocycles. The summed E-state index contributed by atoms with van der Waals surface area (Å²) in [5.74, 6) is 1.89. The molecule has 0 atom stereocenters. The Labute approximate surface area is 118 Å². The molecule has 0 aliphatic rings. The minimum Gasteiger partial charge on any atom is -0.465 e. The quantitative estimate of drug-likeness (QED) is 0.770. The predicted molar refractivity (Wildman–Crippen MR) is 78.5 cm³/mol. The van der Waals surface area contributed by atoms with E-state index in [0.717, 1.165) is 23.8 Å². The van der Waals surface area contributed by atoms with E-state index in [0.29, 0.717) is 6.54 Å². The van der Waals surface area contributed by atoms with Crippen molar-refractivity contribution in [3.05, 3.63) is 71.9 Å². The maximum atomic E-state index is 5.52. The minimum atomic E-state index is 0.701. The standard InChI is InChI=1S/C16H17N3O/c1-13-3-8-16(20-13)11-17-15-6-4-14(5-7-15)12-19-10-2-9-18-19/h2-10,17H,11-12H2,1H3. The third-order valence-corrected chi connectivity index (χ3v) is 3.12. The SMILES string of the molecule is Cc1ccc(CNc2ccc(Cn3cccn3)cc2)o1. The molecule has 1 aromatic carbocycles. The average molecular weight is 267 g/mol. The highest BCUT2D eigenvalue weighted by Gasteiger charge is 1.99. The van der Waals surface area contributed by atoms with E-state index in [-0.39, 0.29) is 0 Å². The third-order valence-electron chi connectivity index (χ3n) is 3.12. The van der Waals surface area contributed by atoms with Gasteiger partial charge in [0.15, 0.2) is 0 Å². The van der Waals surface area contributed by atoms with Gasteiger partial charge < -0.3 is 9.73 Å². The Hall–Kier alpha value is -2.49. The van der Waals surface area contributed by atoms with Gasteiger partial charge in [-0.15, -0.1) is 0 Å². The molecular weight excluding hydrogens is 250 g/mol. The Bertz CT molecular complexity index is 653. The van der Waals surface area contributed by atoms with Gasteiger partial charge in [-0.2, -0.15) is 5.10 Å². The second kappa shape index (κ2) is 5.65. The molecule has 2 heterocycles. The van der Waals surface area contributed by atoms with Crippen LogP contribution in [0.2, 0.25) is 0 Å². The van der Waals surface area contributed by atoms with Crippen LogP contribution in [0.25, 0.3) is 0 Å². The molecule has 3 rings (SSSR count). The van der Waals surface area contributed by atoms with Crippen molar-refractivity contribution in [2.24, 2.45) is 0 Å². The molecule has 0 bridgehead atoms. The Balaban J connectivity index is 1.58. The van der Waals surface area contributed by atoms with Gasteiger partial charge in [0.25, 0.3) is 0 Å². The maximum absolute atomic E-state index is 5.52. The van der Waals surface area contributed by atoms with Gasteiger partial charge in [0.1, 0.15) is 11.5 Å². The van der Waals surface area contributed by atoms with E-state index < -0.39 is 0 Å². The van der Waals surface area contributed by atoms with E-state index in [1.165, 1.54) is 5.56 Å². The smallest absolute Gasteiger partial charge is 0.123 e. The van der Waals surface area contributed by atoms with Gasteiger partial charge >= 0.3 is 0 Å². The number of hydrogen-bond acceptors (Lipinski definition) is 3. The van der Waals surface area contributed by atoms with Crippen LogP contribution in [0.1, 0.15) is 17.1 Å². The molecule has 0 aliphatic carbocycles. The zero-order valence-corrected chi connectivity index (χ0v) is 11.4. The van der Waals surface area contributed by atoms with Crippen molar-refractivity contribution in [2.75, 3.05) is 5.32 Å². The molecule has 4 nitrogen and oxygen atoms in total. The van der Waals surface area contributed by atoms with Gasteiger partial charge in [-0.25, -0.2) is 0 Å². The number of nitrogens with zero attached hydrogens (tertiary/aromatic N) is 2. The molecule has 0 fully saturated rings. The first-order chi connectivity index (χ1) is 9.79. The molecule has 102 valence electrons. The van der Waals surface area contributed by atoms with E-state index in [4.69, 9.17) is 4.42 Å². The first kappa shape index (κ1) is 12.5. The van der Waals surface area contributed by atoms with Crippen LogP contribution in [0, 0.1) is 6.92 Å². The largest absolute Gasteiger partial charge is 0.465 e. The van der Waals surface area contributed by atoms with Crippen LogP contribution in [-0.4, -0.2) is 9.78 Å². The molecule has 2 aromatic heterocycles. The third kappa shape index (κ3) is 3.09. The summed E-state index contributed by atoms with van der Waals surface area (Å²) >= 11 is 0. The van der Waals surface area contributed by atoms with Crippen molar-refractivity contribution < 1.29 is 4.42 Å². The fraction of sp³-hybridized carbons (Fsp3) is 0.188. The number of rotatable bonds is 5. The summed E-state index contributed by atoms with van der Waals surface area (Å²) in [5.41, 5.74) is 2.32. The van der Waals surface area contributed by atoms with Crippen LogP contribution >= 0.6 is 0 Å². The molecule has 3 aromatic rings. The Morgan fingerprint density at radius 3 is 2.65 bits per heavy atom. The summed E-state index contributed by atoms with van der Waals surface area (Å²) in [6.45, 7) is 3.45. The monoisotopic (exact) mass is 267 g/mol. The molecule has 20 heavy (non-hydrogen) atoms. The van der Waals surface area contributed by atoms with Gasteiger partial charge in [0.05, 0.1) is 13.1 Å². The highest BCUT2D eigenvalue weighted by molar-refractivity contribution is 5.44. The molecule has 0 radical (unpaired) electrons. The van der Waals surface area contributed by atoms with Gasteiger partial charge in [-0.3, -0.25) is 4.68 Å². The summed E-state index contributed by atoms with van der Waals surface area (Å²) in [5, 5.41) is 7.55. The molecule has 4 heteroatoms. The average Bonchev–Trinajstić information content (AvgIpc) is 3.10. The summed E-state index contributed by atoms with van der Waals surface area (Å²) in [4.78, 5) is 0. The number of nitrogens with one attached hydrogen (secondary N) is 1. The van der Waals surface area contributed by atoms with Crippen molar-refractivity contribution in [1.82, 2.24) is 9.78 Å². The minimum absolute atomic E-state index is 0.701. The molecule has 0 unspecified atom stereocenters. The molecule has 0 spiro atoms. The van der Waals surface area contributed by atoms with E-state index in [1.807, 2.05) is 36.0 Å². The van der Waals surface area contributed by atoms with E-state index >= 15 is 0 Å². The number of furan rings is 1. The predicted octanol–water partition coefficient (Wildman–Crippen LogP) is 3.44. The second-order valence-corrected chi connectivity index (χ2v) is 4.77. The highest BCUT2D eigenvalue weighted by Crippen LogP contribution is 2.13. The molecule has 1 N–H and O–H groups in total. The van der Waals surface area contributed by atoms with Crippen molar-refractivity contribution in [1.29, 1.82) is 0 Å². The number of aryl methyl sites for hydroxylation is 1. The second-order valence-electron chi connectivity index (χ2n) is 4.77. The molecular formula is C16H17N3O. The van der Waals surface area contributed by atoms with Crippen LogP contribution in [0.15, 0.2) is 59.3 Å². The number of anilines is 1. The summed E-state index contributed by atoms with van der Waals surface area (Å²) in [6, 6.07) is 14.3. The van der Waals surface area contributed by atoms with Crippen LogP contribution in [0.4, 0.5) is 5.69 Å². The van der Waals surface area contributed by atoms with Crippen molar-refractivity contribution >= 4 is 5.69 Å². The highest BCUT2D eigenvalue weighted by atomic mass is 16.3. The molecule has 0 amide bonds. The van der Waals surface area contributed by atoms with Crippen molar-refractivity contribution in [3.63, 3.8) is 0 Å². The van der Waals surface area contributed by atoms with Crippen LogP contribution in [-0.2, 0) is 13.1 Å². The fourth-order valence-electron chi connectivity index (χ4n) is 2.08. The Morgan fingerprint density at radius 1 is 1.15 bits per heavy atom. The lowest BCUT2D eigenvalue weighted by Gasteiger charge is -2.06. The normalized spacial score (nSPS) is 10.7. The van der Waals surface area contributed by atoms with E-state index in [9.17, 15) is 0 Å². The summed E-state index contributed by atoms with van der Waals surface area (Å²) < 4.78 is 7.44. The van der Waals surface area contributed by atoms with Gasteiger partial charge in [-0.1, -0.05) is 12.1 Å². The zero-order chi connectivity index (χ0) is 13.8. The summed E-state index contributed by atoms with van der Waals surface area (Å²) in [6.07, 6.45) is 3.76. The lowest BCUT2D eigenvalue weighted by atomic mass is 10.2. The van der Waals surface area contributed by atoms with E-state index in [1.54, 1.807) is 6.20 Å². The first-order valence-electron chi connectivity index (χ1n) is 6.65. The number of benzene rings is 1. The summed E-state index contributed by atoms with van der Waals surface area (Å²) in [7, 11) is 0. The van der Waals surface area contributed by atoms with Crippen molar-refractivity contribution in [2.45, 2.75) is 20.0 Å². The lowest BCUT2D eigenvalue weighted by molar-refractivity contribution is 0.490. The van der Waals surface area contributed by atoms with Gasteiger partial charge in [0, 0.05) is 18.1 Å². The zero-order valence-electron chi connectivity index (χ0n) is 11.4. The molecule has 0 saturated carbocycles. The maximum Gasteiger partial charge on any atom is 0.123 e. The topological polar surface area (TPSA) is 43.0 Å². The Kier molecular flexibility index (Phi) is 3.54. The number of hydrogen-bond donors (Lipinski definition) is 1. The van der Waals surface area contributed by atoms with Gasteiger partial charge in [-0.05, 0) is 42.8 Å². The first-order valence-corrected chi connectivity index (χ1v) is 6.65. The lowest BCUT2D eigenvalue weighted by Crippen LogP contribution is -2.01.